The fourth-order valence-electron chi connectivity index (χ4n) is 2.07. The Kier molecular flexibility index (Phi) is 8.05. The van der Waals surface area contributed by atoms with Crippen molar-refractivity contribution in [2.45, 2.75) is 44.9 Å². The molecule has 116 valence electrons. The Hall–Kier alpha value is -1.36. The zero-order chi connectivity index (χ0) is 15.7. The number of amides is 1. The Morgan fingerprint density at radius 2 is 1.86 bits per heavy atom. The van der Waals surface area contributed by atoms with Gasteiger partial charge in [-0.05, 0) is 36.5 Å². The number of rotatable bonds is 9. The fourth-order valence-corrected chi connectivity index (χ4v) is 2.33. The summed E-state index contributed by atoms with van der Waals surface area (Å²) in [4.78, 5) is 22.2. The molecule has 0 aliphatic rings. The Morgan fingerprint density at radius 3 is 2.48 bits per heavy atom. The predicted octanol–water partition coefficient (Wildman–Crippen LogP) is 3.70. The Labute approximate surface area is 134 Å². The number of aliphatic carboxylic acids is 1. The predicted molar refractivity (Wildman–Crippen MR) is 86.3 cm³/mol. The van der Waals surface area contributed by atoms with Crippen molar-refractivity contribution in [1.29, 1.82) is 0 Å². The van der Waals surface area contributed by atoms with E-state index in [1.165, 1.54) is 0 Å². The molecule has 0 saturated carbocycles. The first-order chi connectivity index (χ1) is 9.99. The number of unbranched alkanes of at least 4 members (excludes halogenated alkanes) is 2. The van der Waals surface area contributed by atoms with Crippen LogP contribution < -0.4 is 5.32 Å². The zero-order valence-electron chi connectivity index (χ0n) is 12.3. The fraction of sp³-hybridized carbons (Fsp3) is 0.500. The molecule has 1 amide bonds. The van der Waals surface area contributed by atoms with Gasteiger partial charge < -0.3 is 10.4 Å². The monoisotopic (exact) mass is 355 g/mol. The third kappa shape index (κ3) is 7.85. The minimum atomic E-state index is -0.762. The average Bonchev–Trinajstić information content (AvgIpc) is 2.43. The first-order valence-corrected chi connectivity index (χ1v) is 8.02. The van der Waals surface area contributed by atoms with Gasteiger partial charge in [-0.3, -0.25) is 9.59 Å². The van der Waals surface area contributed by atoms with Crippen molar-refractivity contribution in [3.63, 3.8) is 0 Å². The molecule has 1 rings (SSSR count). The number of carboxylic acid groups (broad SMARTS) is 1. The van der Waals surface area contributed by atoms with E-state index in [4.69, 9.17) is 5.11 Å². The van der Waals surface area contributed by atoms with Crippen LogP contribution in [0.15, 0.2) is 28.7 Å². The maximum absolute atomic E-state index is 11.8. The van der Waals surface area contributed by atoms with Crippen LogP contribution in [-0.2, 0) is 9.59 Å². The summed E-state index contributed by atoms with van der Waals surface area (Å²) in [5, 5.41) is 11.4. The van der Waals surface area contributed by atoms with Crippen LogP contribution in [0.4, 0.5) is 0 Å². The lowest BCUT2D eigenvalue weighted by molar-refractivity contribution is -0.137. The van der Waals surface area contributed by atoms with E-state index in [-0.39, 0.29) is 18.2 Å². The van der Waals surface area contributed by atoms with Crippen LogP contribution in [0.3, 0.4) is 0 Å². The van der Waals surface area contributed by atoms with E-state index >= 15 is 0 Å². The molecule has 0 bridgehead atoms. The summed E-state index contributed by atoms with van der Waals surface area (Å²) in [5.41, 5.74) is 1.15. The highest BCUT2D eigenvalue weighted by Gasteiger charge is 2.10. The summed E-state index contributed by atoms with van der Waals surface area (Å²) >= 11 is 3.39. The molecule has 0 spiro atoms. The molecule has 0 fully saturated rings. The van der Waals surface area contributed by atoms with Crippen LogP contribution in [0.2, 0.25) is 0 Å². The number of benzene rings is 1. The molecule has 1 aromatic rings. The number of carbonyl (C=O) groups excluding carboxylic acids is 1. The van der Waals surface area contributed by atoms with Gasteiger partial charge in [0.1, 0.15) is 0 Å². The molecule has 2 N–H and O–H groups in total. The molecule has 1 atom stereocenters. The van der Waals surface area contributed by atoms with E-state index in [1.54, 1.807) is 0 Å². The minimum Gasteiger partial charge on any atom is -0.481 e. The van der Waals surface area contributed by atoms with Crippen molar-refractivity contribution in [2.24, 2.45) is 0 Å². The topological polar surface area (TPSA) is 66.4 Å². The van der Waals surface area contributed by atoms with E-state index in [1.807, 2.05) is 31.2 Å². The normalized spacial score (nSPS) is 11.9. The second kappa shape index (κ2) is 9.55. The van der Waals surface area contributed by atoms with Crippen LogP contribution in [0.25, 0.3) is 0 Å². The molecule has 1 aromatic carbocycles. The number of halogens is 1. The summed E-state index contributed by atoms with van der Waals surface area (Å²) in [7, 11) is 0. The van der Waals surface area contributed by atoms with Crippen molar-refractivity contribution < 1.29 is 14.7 Å². The van der Waals surface area contributed by atoms with Crippen molar-refractivity contribution in [3.8, 4) is 0 Å². The summed E-state index contributed by atoms with van der Waals surface area (Å²) in [5.74, 6) is -0.531. The van der Waals surface area contributed by atoms with Crippen molar-refractivity contribution >= 4 is 27.8 Å². The van der Waals surface area contributed by atoms with E-state index in [0.29, 0.717) is 19.4 Å². The standard InChI is InChI=1S/C16H22BrNO3/c1-12(13-6-8-14(17)9-7-13)11-15(19)18-10-4-2-3-5-16(20)21/h6-9,12H,2-5,10-11H2,1H3,(H,18,19)(H,20,21). The first-order valence-electron chi connectivity index (χ1n) is 7.23. The third-order valence-corrected chi connectivity index (χ3v) is 3.85. The van der Waals surface area contributed by atoms with Gasteiger partial charge in [-0.25, -0.2) is 0 Å². The molecule has 4 nitrogen and oxygen atoms in total. The van der Waals surface area contributed by atoms with E-state index in [2.05, 4.69) is 21.2 Å². The number of hydrogen-bond donors (Lipinski definition) is 2. The second-order valence-electron chi connectivity index (χ2n) is 5.21. The van der Waals surface area contributed by atoms with Crippen LogP contribution >= 0.6 is 15.9 Å². The van der Waals surface area contributed by atoms with E-state index in [0.717, 1.165) is 22.9 Å². The number of carboxylic acids is 1. The molecule has 1 unspecified atom stereocenters. The number of carbonyl (C=O) groups is 2. The Morgan fingerprint density at radius 1 is 1.19 bits per heavy atom. The van der Waals surface area contributed by atoms with Gasteiger partial charge in [0, 0.05) is 23.9 Å². The quantitative estimate of drug-likeness (QED) is 0.663. The van der Waals surface area contributed by atoms with Gasteiger partial charge in [0.25, 0.3) is 0 Å². The van der Waals surface area contributed by atoms with Gasteiger partial charge in [0.05, 0.1) is 0 Å². The molecule has 0 aliphatic heterocycles. The average molecular weight is 356 g/mol. The van der Waals surface area contributed by atoms with Gasteiger partial charge in [-0.2, -0.15) is 0 Å². The summed E-state index contributed by atoms with van der Waals surface area (Å²) in [6.07, 6.45) is 2.99. The van der Waals surface area contributed by atoms with E-state index < -0.39 is 5.97 Å². The van der Waals surface area contributed by atoms with Crippen molar-refractivity contribution in [1.82, 2.24) is 5.32 Å². The smallest absolute Gasteiger partial charge is 0.303 e. The molecule has 21 heavy (non-hydrogen) atoms. The lowest BCUT2D eigenvalue weighted by Crippen LogP contribution is -2.25. The highest BCUT2D eigenvalue weighted by molar-refractivity contribution is 9.10. The van der Waals surface area contributed by atoms with E-state index in [9.17, 15) is 9.59 Å². The van der Waals surface area contributed by atoms with Crippen molar-refractivity contribution in [2.75, 3.05) is 6.54 Å². The van der Waals surface area contributed by atoms with Crippen LogP contribution in [0.1, 0.15) is 50.5 Å². The lowest BCUT2D eigenvalue weighted by atomic mass is 9.97. The maximum Gasteiger partial charge on any atom is 0.303 e. The molecule has 5 heteroatoms. The van der Waals surface area contributed by atoms with Crippen molar-refractivity contribution in [3.05, 3.63) is 34.3 Å². The molecule has 0 radical (unpaired) electrons. The zero-order valence-corrected chi connectivity index (χ0v) is 13.9. The molecular formula is C16H22BrNO3. The molecular weight excluding hydrogens is 334 g/mol. The molecule has 0 aliphatic carbocycles. The molecule has 0 heterocycles. The second-order valence-corrected chi connectivity index (χ2v) is 6.13. The van der Waals surface area contributed by atoms with Gasteiger partial charge in [-0.15, -0.1) is 0 Å². The van der Waals surface area contributed by atoms with Crippen LogP contribution in [0, 0.1) is 0 Å². The largest absolute Gasteiger partial charge is 0.481 e. The van der Waals surface area contributed by atoms with Gasteiger partial charge in [-0.1, -0.05) is 41.4 Å². The highest BCUT2D eigenvalue weighted by Crippen LogP contribution is 2.21. The Bertz CT molecular complexity index is 459. The van der Waals surface area contributed by atoms with Gasteiger partial charge in [0.15, 0.2) is 0 Å². The number of nitrogens with one attached hydrogen (secondary N) is 1. The summed E-state index contributed by atoms with van der Waals surface area (Å²) in [6, 6.07) is 8.00. The minimum absolute atomic E-state index is 0.0450. The maximum atomic E-state index is 11.8. The summed E-state index contributed by atoms with van der Waals surface area (Å²) in [6.45, 7) is 2.65. The highest BCUT2D eigenvalue weighted by atomic mass is 79.9. The summed E-state index contributed by atoms with van der Waals surface area (Å²) < 4.78 is 1.03. The molecule has 0 saturated heterocycles. The Balaban J connectivity index is 2.18. The van der Waals surface area contributed by atoms with Gasteiger partial charge in [0.2, 0.25) is 5.91 Å². The van der Waals surface area contributed by atoms with Crippen LogP contribution in [0.5, 0.6) is 0 Å². The lowest BCUT2D eigenvalue weighted by Gasteiger charge is -2.12. The number of hydrogen-bond acceptors (Lipinski definition) is 2. The molecule has 0 aromatic heterocycles. The third-order valence-electron chi connectivity index (χ3n) is 3.32. The first kappa shape index (κ1) is 17.7. The van der Waals surface area contributed by atoms with Crippen LogP contribution in [-0.4, -0.2) is 23.5 Å². The van der Waals surface area contributed by atoms with Gasteiger partial charge >= 0.3 is 5.97 Å². The SMILES string of the molecule is CC(CC(=O)NCCCCCC(=O)O)c1ccc(Br)cc1.